The molecule has 1 aromatic heterocycles. The van der Waals surface area contributed by atoms with Crippen molar-refractivity contribution in [2.75, 3.05) is 0 Å². The summed E-state index contributed by atoms with van der Waals surface area (Å²) in [4.78, 5) is 26.3. The lowest BCUT2D eigenvalue weighted by molar-refractivity contribution is 0.0690. The largest absolute Gasteiger partial charge is 0.507 e. The van der Waals surface area contributed by atoms with Gasteiger partial charge in [0.1, 0.15) is 22.8 Å². The third-order valence-electron chi connectivity index (χ3n) is 2.74. The number of nitrogens with one attached hydrogen (secondary N) is 1. The molecule has 0 aliphatic rings. The summed E-state index contributed by atoms with van der Waals surface area (Å²) in [6.07, 6.45) is 1.33. The molecule has 0 aliphatic carbocycles. The number of rotatable bonds is 4. The second-order valence-electron chi connectivity index (χ2n) is 4.21. The number of pyridine rings is 1. The molecule has 1 heterocycles. The third-order valence-corrected chi connectivity index (χ3v) is 2.74. The first-order valence-corrected chi connectivity index (χ1v) is 5.96. The fourth-order valence-corrected chi connectivity index (χ4v) is 1.69. The molecule has 0 saturated carbocycles. The van der Waals surface area contributed by atoms with Crippen molar-refractivity contribution < 1.29 is 24.9 Å². The Bertz CT molecular complexity index is 662. The van der Waals surface area contributed by atoms with Crippen LogP contribution < -0.4 is 5.32 Å². The molecule has 0 bridgehead atoms. The minimum absolute atomic E-state index is 0.0828. The number of benzene rings is 1. The van der Waals surface area contributed by atoms with Crippen LogP contribution in [-0.2, 0) is 6.54 Å². The Morgan fingerprint density at radius 2 is 1.76 bits per heavy atom. The summed E-state index contributed by atoms with van der Waals surface area (Å²) < 4.78 is 0. The van der Waals surface area contributed by atoms with Crippen LogP contribution in [0.2, 0.25) is 0 Å². The van der Waals surface area contributed by atoms with Gasteiger partial charge in [-0.1, -0.05) is 12.1 Å². The minimum atomic E-state index is -1.13. The maximum absolute atomic E-state index is 11.9. The highest BCUT2D eigenvalue weighted by molar-refractivity contribution is 5.99. The molecule has 0 unspecified atom stereocenters. The number of aromatic nitrogens is 1. The lowest BCUT2D eigenvalue weighted by Crippen LogP contribution is -2.23. The first-order valence-electron chi connectivity index (χ1n) is 5.96. The fourth-order valence-electron chi connectivity index (χ4n) is 1.69. The monoisotopic (exact) mass is 288 g/mol. The molecule has 7 heteroatoms. The van der Waals surface area contributed by atoms with Crippen LogP contribution in [-0.4, -0.2) is 32.2 Å². The molecule has 0 aliphatic heterocycles. The zero-order chi connectivity index (χ0) is 15.4. The lowest BCUT2D eigenvalue weighted by atomic mass is 10.1. The van der Waals surface area contributed by atoms with Crippen LogP contribution in [0.1, 0.15) is 26.4 Å². The summed E-state index contributed by atoms with van der Waals surface area (Å²) in [6, 6.07) is 6.83. The SMILES string of the molecule is O=C(O)c1ccc(CNC(=O)c2c(O)cccc2O)cn1. The summed E-state index contributed by atoms with van der Waals surface area (Å²) in [7, 11) is 0. The van der Waals surface area contributed by atoms with Gasteiger partial charge in [-0.3, -0.25) is 4.79 Å². The van der Waals surface area contributed by atoms with Gasteiger partial charge in [0.2, 0.25) is 0 Å². The van der Waals surface area contributed by atoms with Gasteiger partial charge in [-0.15, -0.1) is 0 Å². The lowest BCUT2D eigenvalue weighted by Gasteiger charge is -2.08. The molecule has 0 atom stereocenters. The van der Waals surface area contributed by atoms with Gasteiger partial charge in [-0.25, -0.2) is 9.78 Å². The highest BCUT2D eigenvalue weighted by atomic mass is 16.4. The summed E-state index contributed by atoms with van der Waals surface area (Å²) in [6.45, 7) is 0.0828. The van der Waals surface area contributed by atoms with Crippen molar-refractivity contribution in [1.29, 1.82) is 0 Å². The minimum Gasteiger partial charge on any atom is -0.507 e. The highest BCUT2D eigenvalue weighted by Crippen LogP contribution is 2.25. The molecule has 1 aromatic carbocycles. The molecule has 4 N–H and O–H groups in total. The molecule has 0 fully saturated rings. The first-order chi connectivity index (χ1) is 9.99. The van der Waals surface area contributed by atoms with Gasteiger partial charge in [-0.05, 0) is 23.8 Å². The van der Waals surface area contributed by atoms with Crippen molar-refractivity contribution in [1.82, 2.24) is 10.3 Å². The molecule has 2 rings (SSSR count). The van der Waals surface area contributed by atoms with E-state index in [-0.39, 0.29) is 29.3 Å². The van der Waals surface area contributed by atoms with Gasteiger partial charge < -0.3 is 20.6 Å². The second kappa shape index (κ2) is 5.91. The number of carbonyl (C=O) groups excluding carboxylic acids is 1. The number of carboxylic acids is 1. The summed E-state index contributed by atoms with van der Waals surface area (Å²) >= 11 is 0. The molecule has 108 valence electrons. The standard InChI is InChI=1S/C14H12N2O5/c17-10-2-1-3-11(18)12(10)13(19)16-7-8-4-5-9(14(20)21)15-6-8/h1-6,17-18H,7H2,(H,16,19)(H,20,21). The number of carbonyl (C=O) groups is 2. The molecule has 0 saturated heterocycles. The Labute approximate surface area is 119 Å². The average Bonchev–Trinajstić information content (AvgIpc) is 2.45. The summed E-state index contributed by atoms with van der Waals surface area (Å²) in [5, 5.41) is 30.3. The topological polar surface area (TPSA) is 120 Å². The normalized spacial score (nSPS) is 10.1. The predicted molar refractivity (Wildman–Crippen MR) is 72.1 cm³/mol. The molecular weight excluding hydrogens is 276 g/mol. The fraction of sp³-hybridized carbons (Fsp3) is 0.0714. The van der Waals surface area contributed by atoms with E-state index < -0.39 is 11.9 Å². The smallest absolute Gasteiger partial charge is 0.354 e. The maximum atomic E-state index is 11.9. The van der Waals surface area contributed by atoms with Crippen LogP contribution in [0.3, 0.4) is 0 Å². The van der Waals surface area contributed by atoms with Crippen LogP contribution in [0.25, 0.3) is 0 Å². The van der Waals surface area contributed by atoms with E-state index in [2.05, 4.69) is 10.3 Å². The Kier molecular flexibility index (Phi) is 4.03. The van der Waals surface area contributed by atoms with Crippen molar-refractivity contribution in [3.63, 3.8) is 0 Å². The molecule has 21 heavy (non-hydrogen) atoms. The van der Waals surface area contributed by atoms with Crippen molar-refractivity contribution in [3.8, 4) is 11.5 Å². The van der Waals surface area contributed by atoms with E-state index in [0.29, 0.717) is 5.56 Å². The number of nitrogens with zero attached hydrogens (tertiary/aromatic N) is 1. The number of phenols is 2. The molecule has 0 spiro atoms. The summed E-state index contributed by atoms with van der Waals surface area (Å²) in [5.74, 6) is -2.43. The number of hydrogen-bond acceptors (Lipinski definition) is 5. The number of phenolic OH excluding ortho intramolecular Hbond substituents is 2. The van der Waals surface area contributed by atoms with Gasteiger partial charge in [0.25, 0.3) is 5.91 Å². The summed E-state index contributed by atoms with van der Waals surface area (Å²) in [5.41, 5.74) is 0.277. The van der Waals surface area contributed by atoms with E-state index in [1.165, 1.54) is 36.5 Å². The zero-order valence-corrected chi connectivity index (χ0v) is 10.8. The van der Waals surface area contributed by atoms with Crippen molar-refractivity contribution in [2.24, 2.45) is 0 Å². The number of carboxylic acid groups (broad SMARTS) is 1. The van der Waals surface area contributed by atoms with E-state index in [0.717, 1.165) is 0 Å². The Morgan fingerprint density at radius 1 is 1.10 bits per heavy atom. The quantitative estimate of drug-likeness (QED) is 0.669. The predicted octanol–water partition coefficient (Wildman–Crippen LogP) is 1.12. The zero-order valence-electron chi connectivity index (χ0n) is 10.8. The third kappa shape index (κ3) is 3.27. The van der Waals surface area contributed by atoms with Gasteiger partial charge >= 0.3 is 5.97 Å². The van der Waals surface area contributed by atoms with E-state index in [1.54, 1.807) is 0 Å². The van der Waals surface area contributed by atoms with Crippen LogP contribution in [0.5, 0.6) is 11.5 Å². The van der Waals surface area contributed by atoms with Gasteiger partial charge in [0.15, 0.2) is 0 Å². The molecular formula is C14H12N2O5. The van der Waals surface area contributed by atoms with Gasteiger partial charge in [-0.2, -0.15) is 0 Å². The highest BCUT2D eigenvalue weighted by Gasteiger charge is 2.15. The Balaban J connectivity index is 2.06. The van der Waals surface area contributed by atoms with E-state index >= 15 is 0 Å². The number of aromatic hydroxyl groups is 2. The van der Waals surface area contributed by atoms with Crippen LogP contribution in [0.4, 0.5) is 0 Å². The maximum Gasteiger partial charge on any atom is 0.354 e. The average molecular weight is 288 g/mol. The van der Waals surface area contributed by atoms with Gasteiger partial charge in [0.05, 0.1) is 0 Å². The molecule has 1 amide bonds. The Morgan fingerprint density at radius 3 is 2.29 bits per heavy atom. The van der Waals surface area contributed by atoms with Crippen LogP contribution in [0.15, 0.2) is 36.5 Å². The second-order valence-corrected chi connectivity index (χ2v) is 4.21. The molecule has 0 radical (unpaired) electrons. The van der Waals surface area contributed by atoms with E-state index in [9.17, 15) is 19.8 Å². The van der Waals surface area contributed by atoms with Crippen molar-refractivity contribution >= 4 is 11.9 Å². The molecule has 7 nitrogen and oxygen atoms in total. The number of amides is 1. The number of aromatic carboxylic acids is 1. The van der Waals surface area contributed by atoms with E-state index in [1.807, 2.05) is 0 Å². The van der Waals surface area contributed by atoms with Crippen molar-refractivity contribution in [2.45, 2.75) is 6.54 Å². The van der Waals surface area contributed by atoms with Crippen LogP contribution in [0, 0.1) is 0 Å². The van der Waals surface area contributed by atoms with E-state index in [4.69, 9.17) is 5.11 Å². The van der Waals surface area contributed by atoms with Gasteiger partial charge in [0, 0.05) is 12.7 Å². The first kappa shape index (κ1) is 14.3. The van der Waals surface area contributed by atoms with Crippen molar-refractivity contribution in [3.05, 3.63) is 53.3 Å². The molecule has 2 aromatic rings. The number of hydrogen-bond donors (Lipinski definition) is 4. The van der Waals surface area contributed by atoms with Crippen LogP contribution >= 0.6 is 0 Å². The Hall–Kier alpha value is -3.09.